The number of fused-ring (bicyclic) bond motifs is 1. The van der Waals surface area contributed by atoms with Crippen molar-refractivity contribution in [3.8, 4) is 11.3 Å². The standard InChI is InChI=1S/C23H23BrN6O2S/c1-28(2)10-11-29(3)20-12-17(24)19(13-21(20)30(31)32)27-23-25-9-8-18(26-23)16-14-33-22-7-5-4-6-15(16)22/h4-9,12-14H,10-11H2,1-3H3,(H,25,26,27). The van der Waals surface area contributed by atoms with E-state index in [1.54, 1.807) is 23.6 Å². The summed E-state index contributed by atoms with van der Waals surface area (Å²) in [5, 5.41) is 18.2. The Morgan fingerprint density at radius 1 is 1.15 bits per heavy atom. The molecule has 4 aromatic rings. The predicted molar refractivity (Wildman–Crippen MR) is 139 cm³/mol. The van der Waals surface area contributed by atoms with Crippen molar-refractivity contribution >= 4 is 60.4 Å². The fourth-order valence-electron chi connectivity index (χ4n) is 3.44. The van der Waals surface area contributed by atoms with Crippen LogP contribution in [0.1, 0.15) is 0 Å². The van der Waals surface area contributed by atoms with Crippen LogP contribution in [0.4, 0.5) is 23.0 Å². The van der Waals surface area contributed by atoms with Gasteiger partial charge >= 0.3 is 0 Å². The van der Waals surface area contributed by atoms with Crippen molar-refractivity contribution in [3.05, 3.63) is 68.6 Å². The number of hydrogen-bond donors (Lipinski definition) is 1. The number of anilines is 3. The van der Waals surface area contributed by atoms with Gasteiger partial charge in [0.2, 0.25) is 5.95 Å². The summed E-state index contributed by atoms with van der Waals surface area (Å²) in [5.41, 5.74) is 2.90. The summed E-state index contributed by atoms with van der Waals surface area (Å²) in [4.78, 5) is 24.3. The number of hydrogen-bond acceptors (Lipinski definition) is 8. The van der Waals surface area contributed by atoms with Gasteiger partial charge in [0.15, 0.2) is 0 Å². The van der Waals surface area contributed by atoms with Crippen LogP contribution < -0.4 is 10.2 Å². The van der Waals surface area contributed by atoms with Gasteiger partial charge in [0.05, 0.1) is 16.3 Å². The van der Waals surface area contributed by atoms with Gasteiger partial charge in [-0.2, -0.15) is 0 Å². The van der Waals surface area contributed by atoms with E-state index in [1.807, 2.05) is 49.1 Å². The van der Waals surface area contributed by atoms with Crippen LogP contribution in [0.3, 0.4) is 0 Å². The van der Waals surface area contributed by atoms with Gasteiger partial charge in [-0.25, -0.2) is 9.97 Å². The molecular formula is C23H23BrN6O2S. The van der Waals surface area contributed by atoms with Crippen molar-refractivity contribution in [2.24, 2.45) is 0 Å². The molecule has 0 amide bonds. The van der Waals surface area contributed by atoms with E-state index in [9.17, 15) is 10.1 Å². The molecule has 2 aromatic heterocycles. The topological polar surface area (TPSA) is 87.4 Å². The van der Waals surface area contributed by atoms with Crippen LogP contribution in [0.25, 0.3) is 21.3 Å². The van der Waals surface area contributed by atoms with E-state index in [1.165, 1.54) is 10.8 Å². The molecule has 0 fully saturated rings. The molecule has 0 aliphatic rings. The Hall–Kier alpha value is -3.08. The van der Waals surface area contributed by atoms with Crippen molar-refractivity contribution in [3.63, 3.8) is 0 Å². The summed E-state index contributed by atoms with van der Waals surface area (Å²) in [6.07, 6.45) is 1.68. The van der Waals surface area contributed by atoms with Crippen LogP contribution in [0.2, 0.25) is 0 Å². The Morgan fingerprint density at radius 2 is 1.94 bits per heavy atom. The predicted octanol–water partition coefficient (Wildman–Crippen LogP) is 5.77. The summed E-state index contributed by atoms with van der Waals surface area (Å²) in [6, 6.07) is 13.3. The third-order valence-corrected chi connectivity index (χ3v) is 6.83. The summed E-state index contributed by atoms with van der Waals surface area (Å²) in [7, 11) is 5.79. The van der Waals surface area contributed by atoms with Gasteiger partial charge in [-0.05, 0) is 48.2 Å². The number of nitrogens with one attached hydrogen (secondary N) is 1. The molecule has 0 bridgehead atoms. The minimum atomic E-state index is -0.367. The minimum absolute atomic E-state index is 0.0157. The van der Waals surface area contributed by atoms with Gasteiger partial charge < -0.3 is 15.1 Å². The zero-order valence-electron chi connectivity index (χ0n) is 18.4. The van der Waals surface area contributed by atoms with E-state index in [4.69, 9.17) is 0 Å². The zero-order chi connectivity index (χ0) is 23.5. The van der Waals surface area contributed by atoms with Gasteiger partial charge in [0.1, 0.15) is 5.69 Å². The number of likely N-dealkylation sites (N-methyl/N-ethyl adjacent to an activating group) is 2. The lowest BCUT2D eigenvalue weighted by atomic mass is 10.1. The van der Waals surface area contributed by atoms with E-state index in [0.717, 1.165) is 23.2 Å². The van der Waals surface area contributed by atoms with Gasteiger partial charge in [0.25, 0.3) is 5.69 Å². The number of thiophene rings is 1. The first kappa shape index (κ1) is 23.1. The molecule has 4 rings (SSSR count). The fraction of sp³-hybridized carbons (Fsp3) is 0.217. The minimum Gasteiger partial charge on any atom is -0.368 e. The smallest absolute Gasteiger partial charge is 0.294 e. The van der Waals surface area contributed by atoms with Crippen molar-refractivity contribution in [2.45, 2.75) is 0 Å². The van der Waals surface area contributed by atoms with Crippen molar-refractivity contribution in [1.29, 1.82) is 0 Å². The Bertz CT molecular complexity index is 1310. The van der Waals surface area contributed by atoms with Crippen LogP contribution in [0.15, 0.2) is 58.5 Å². The van der Waals surface area contributed by atoms with E-state index >= 15 is 0 Å². The number of nitro benzene ring substituents is 1. The maximum Gasteiger partial charge on any atom is 0.294 e. The molecule has 0 saturated heterocycles. The Labute approximate surface area is 204 Å². The van der Waals surface area contributed by atoms with E-state index in [2.05, 4.69) is 48.7 Å². The van der Waals surface area contributed by atoms with Gasteiger partial charge in [-0.15, -0.1) is 11.3 Å². The summed E-state index contributed by atoms with van der Waals surface area (Å²) in [6.45, 7) is 1.44. The van der Waals surface area contributed by atoms with Gasteiger partial charge in [-0.1, -0.05) is 18.2 Å². The number of nitro groups is 1. The van der Waals surface area contributed by atoms with Crippen molar-refractivity contribution in [1.82, 2.24) is 14.9 Å². The summed E-state index contributed by atoms with van der Waals surface area (Å²) < 4.78 is 1.88. The molecule has 2 heterocycles. The Balaban J connectivity index is 1.65. The molecule has 2 aromatic carbocycles. The van der Waals surface area contributed by atoms with Crippen LogP contribution in [-0.2, 0) is 0 Å². The molecule has 0 unspecified atom stereocenters. The summed E-state index contributed by atoms with van der Waals surface area (Å²) >= 11 is 5.22. The summed E-state index contributed by atoms with van der Waals surface area (Å²) in [5.74, 6) is 0.367. The molecule has 0 atom stereocenters. The zero-order valence-corrected chi connectivity index (χ0v) is 20.9. The molecule has 0 saturated carbocycles. The van der Waals surface area contributed by atoms with Crippen LogP contribution in [-0.4, -0.2) is 54.0 Å². The molecule has 170 valence electrons. The third-order valence-electron chi connectivity index (χ3n) is 5.21. The van der Waals surface area contributed by atoms with Gasteiger partial charge in [0, 0.05) is 57.9 Å². The largest absolute Gasteiger partial charge is 0.368 e. The second-order valence-electron chi connectivity index (χ2n) is 7.84. The highest BCUT2D eigenvalue weighted by Crippen LogP contribution is 2.38. The average Bonchev–Trinajstić information content (AvgIpc) is 3.23. The lowest BCUT2D eigenvalue weighted by Crippen LogP contribution is -2.28. The molecule has 0 radical (unpaired) electrons. The van der Waals surface area contributed by atoms with E-state index < -0.39 is 0 Å². The quantitative estimate of drug-likeness (QED) is 0.230. The highest BCUT2D eigenvalue weighted by Gasteiger charge is 2.21. The van der Waals surface area contributed by atoms with Crippen LogP contribution in [0, 0.1) is 10.1 Å². The highest BCUT2D eigenvalue weighted by atomic mass is 79.9. The van der Waals surface area contributed by atoms with E-state index in [0.29, 0.717) is 28.3 Å². The molecule has 1 N–H and O–H groups in total. The fourth-order valence-corrected chi connectivity index (χ4v) is 4.82. The highest BCUT2D eigenvalue weighted by molar-refractivity contribution is 9.10. The number of rotatable bonds is 8. The lowest BCUT2D eigenvalue weighted by molar-refractivity contribution is -0.384. The maximum atomic E-state index is 11.8. The first-order chi connectivity index (χ1) is 15.8. The second kappa shape index (κ2) is 9.82. The number of nitrogens with zero attached hydrogens (tertiary/aromatic N) is 5. The lowest BCUT2D eigenvalue weighted by Gasteiger charge is -2.22. The Kier molecular flexibility index (Phi) is 6.87. The van der Waals surface area contributed by atoms with Crippen molar-refractivity contribution < 1.29 is 4.92 Å². The molecule has 0 aliphatic heterocycles. The molecule has 8 nitrogen and oxygen atoms in total. The molecule has 0 aliphatic carbocycles. The van der Waals surface area contributed by atoms with Crippen molar-refractivity contribution in [2.75, 3.05) is 44.4 Å². The first-order valence-corrected chi connectivity index (χ1v) is 11.9. The average molecular weight is 527 g/mol. The van der Waals surface area contributed by atoms with E-state index in [-0.39, 0.29) is 10.6 Å². The normalized spacial score (nSPS) is 11.2. The number of halogens is 1. The molecule has 10 heteroatoms. The first-order valence-electron chi connectivity index (χ1n) is 10.2. The molecule has 0 spiro atoms. The maximum absolute atomic E-state index is 11.8. The molecule has 33 heavy (non-hydrogen) atoms. The van der Waals surface area contributed by atoms with Gasteiger partial charge in [-0.3, -0.25) is 10.1 Å². The number of aromatic nitrogens is 2. The second-order valence-corrected chi connectivity index (χ2v) is 9.60. The molecular weight excluding hydrogens is 504 g/mol. The third kappa shape index (κ3) is 5.13. The monoisotopic (exact) mass is 526 g/mol. The Morgan fingerprint density at radius 3 is 2.70 bits per heavy atom. The number of benzene rings is 2. The van der Waals surface area contributed by atoms with Crippen LogP contribution >= 0.6 is 27.3 Å². The SMILES string of the molecule is CN(C)CCN(C)c1cc(Br)c(Nc2nccc(-c3csc4ccccc34)n2)cc1[N+](=O)[O-]. The van der Waals surface area contributed by atoms with Crippen LogP contribution in [0.5, 0.6) is 0 Å².